The summed E-state index contributed by atoms with van der Waals surface area (Å²) in [6.45, 7) is 1.19. The highest BCUT2D eigenvalue weighted by Crippen LogP contribution is 2.35. The molecule has 0 amide bonds. The minimum atomic E-state index is -4.37. The average molecular weight is 248 g/mol. The molecule has 0 aliphatic rings. The van der Waals surface area contributed by atoms with Crippen molar-refractivity contribution in [2.45, 2.75) is 24.1 Å². The number of Topliss-reactive ketones (excluding diaryl/α,β-unsaturated/α-hetero) is 1. The minimum Gasteiger partial charge on any atom is -0.299 e. The lowest BCUT2D eigenvalue weighted by atomic mass is 10.1. The predicted octanol–water partition coefficient (Wildman–Crippen LogP) is 3.44. The second-order valence-corrected chi connectivity index (χ2v) is 4.62. The number of hydrogen-bond acceptors (Lipinski definition) is 2. The Morgan fingerprint density at radius 2 is 1.88 bits per heavy atom. The second-order valence-electron chi connectivity index (χ2n) is 3.35. The number of hydrogen-bond donors (Lipinski definition) is 0. The first-order valence-corrected chi connectivity index (χ1v) is 5.55. The van der Waals surface area contributed by atoms with Crippen LogP contribution in [-0.2, 0) is 11.2 Å². The number of rotatable bonds is 4. The number of thioether (sulfide) groups is 1. The van der Waals surface area contributed by atoms with Crippen LogP contribution < -0.4 is 0 Å². The van der Waals surface area contributed by atoms with Crippen molar-refractivity contribution in [3.8, 4) is 0 Å². The summed E-state index contributed by atoms with van der Waals surface area (Å²) >= 11 is -0.245. The predicted molar refractivity (Wildman–Crippen MR) is 58.3 cm³/mol. The van der Waals surface area contributed by atoms with Crippen molar-refractivity contribution in [2.75, 3.05) is 0 Å². The number of ketones is 1. The van der Waals surface area contributed by atoms with Gasteiger partial charge in [-0.15, -0.1) is 0 Å². The van der Waals surface area contributed by atoms with Crippen LogP contribution in [0, 0.1) is 0 Å². The lowest BCUT2D eigenvalue weighted by Gasteiger charge is -2.15. The minimum absolute atomic E-state index is 0.111. The van der Waals surface area contributed by atoms with Gasteiger partial charge in [0.1, 0.15) is 5.78 Å². The van der Waals surface area contributed by atoms with Crippen LogP contribution in [-0.4, -0.2) is 16.5 Å². The standard InChI is InChI=1S/C11H11F3OS/c1-8(15)10(16-11(12,13)14)7-9-5-3-2-4-6-9/h2-6,10H,7H2,1H3. The van der Waals surface area contributed by atoms with Crippen molar-refractivity contribution >= 4 is 17.5 Å². The van der Waals surface area contributed by atoms with Crippen LogP contribution in [0.3, 0.4) is 0 Å². The molecule has 1 aromatic carbocycles. The maximum atomic E-state index is 12.2. The van der Waals surface area contributed by atoms with Gasteiger partial charge in [0.2, 0.25) is 0 Å². The Kier molecular flexibility index (Phi) is 4.41. The molecule has 0 bridgehead atoms. The Hall–Kier alpha value is -0.970. The summed E-state index contributed by atoms with van der Waals surface area (Å²) in [4.78, 5) is 11.1. The first kappa shape index (κ1) is 13.1. The molecule has 1 unspecified atom stereocenters. The Morgan fingerprint density at radius 3 is 2.31 bits per heavy atom. The van der Waals surface area contributed by atoms with Crippen molar-refractivity contribution in [3.05, 3.63) is 35.9 Å². The van der Waals surface area contributed by atoms with Gasteiger partial charge in [0, 0.05) is 0 Å². The molecule has 0 spiro atoms. The van der Waals surface area contributed by atoms with Crippen LogP contribution in [0.25, 0.3) is 0 Å². The molecule has 1 rings (SSSR count). The summed E-state index contributed by atoms with van der Waals surface area (Å²) in [5.41, 5.74) is -3.63. The molecule has 0 aromatic heterocycles. The largest absolute Gasteiger partial charge is 0.442 e. The molecule has 5 heteroatoms. The number of alkyl halides is 3. The molecule has 1 atom stereocenters. The SMILES string of the molecule is CC(=O)C(Cc1ccccc1)SC(F)(F)F. The zero-order valence-electron chi connectivity index (χ0n) is 8.62. The van der Waals surface area contributed by atoms with E-state index in [9.17, 15) is 18.0 Å². The van der Waals surface area contributed by atoms with Gasteiger partial charge < -0.3 is 0 Å². The summed E-state index contributed by atoms with van der Waals surface area (Å²) in [5.74, 6) is -0.453. The van der Waals surface area contributed by atoms with E-state index < -0.39 is 16.5 Å². The zero-order valence-corrected chi connectivity index (χ0v) is 9.44. The van der Waals surface area contributed by atoms with Crippen LogP contribution in [0.5, 0.6) is 0 Å². The van der Waals surface area contributed by atoms with Gasteiger partial charge in [-0.1, -0.05) is 30.3 Å². The molecular weight excluding hydrogens is 237 g/mol. The molecule has 0 heterocycles. The average Bonchev–Trinajstić information content (AvgIpc) is 2.16. The molecule has 16 heavy (non-hydrogen) atoms. The number of halogens is 3. The van der Waals surface area contributed by atoms with Gasteiger partial charge in [0.15, 0.2) is 0 Å². The second kappa shape index (κ2) is 5.39. The molecule has 0 N–H and O–H groups in total. The monoisotopic (exact) mass is 248 g/mol. The van der Waals surface area contributed by atoms with Crippen LogP contribution in [0.1, 0.15) is 12.5 Å². The molecular formula is C11H11F3OS. The third-order valence-corrected chi connectivity index (χ3v) is 3.04. The highest BCUT2D eigenvalue weighted by Gasteiger charge is 2.34. The van der Waals surface area contributed by atoms with E-state index in [1.807, 2.05) is 0 Å². The molecule has 0 saturated carbocycles. The summed E-state index contributed by atoms with van der Waals surface area (Å²) < 4.78 is 36.5. The molecule has 0 saturated heterocycles. The van der Waals surface area contributed by atoms with Crippen molar-refractivity contribution < 1.29 is 18.0 Å². The highest BCUT2D eigenvalue weighted by atomic mass is 32.2. The van der Waals surface area contributed by atoms with Crippen molar-refractivity contribution in [1.82, 2.24) is 0 Å². The van der Waals surface area contributed by atoms with Crippen molar-refractivity contribution in [3.63, 3.8) is 0 Å². The summed E-state index contributed by atoms with van der Waals surface area (Å²) in [6, 6.07) is 8.69. The van der Waals surface area contributed by atoms with Crippen LogP contribution in [0.4, 0.5) is 13.2 Å². The topological polar surface area (TPSA) is 17.1 Å². The first-order chi connectivity index (χ1) is 7.38. The third kappa shape index (κ3) is 4.70. The van der Waals surface area contributed by atoms with Gasteiger partial charge in [-0.05, 0) is 30.7 Å². The van der Waals surface area contributed by atoms with Crippen molar-refractivity contribution in [1.29, 1.82) is 0 Å². The fourth-order valence-electron chi connectivity index (χ4n) is 1.26. The Morgan fingerprint density at radius 1 is 1.31 bits per heavy atom. The molecule has 0 fully saturated rings. The molecule has 1 nitrogen and oxygen atoms in total. The van der Waals surface area contributed by atoms with E-state index in [2.05, 4.69) is 0 Å². The maximum absolute atomic E-state index is 12.2. The fraction of sp³-hybridized carbons (Fsp3) is 0.364. The molecule has 0 radical (unpaired) electrons. The summed E-state index contributed by atoms with van der Waals surface area (Å²) in [6.07, 6.45) is 0.111. The fourth-order valence-corrected chi connectivity index (χ4v) is 2.02. The Balaban J connectivity index is 2.70. The van der Waals surface area contributed by atoms with Gasteiger partial charge in [0.05, 0.1) is 5.25 Å². The summed E-state index contributed by atoms with van der Waals surface area (Å²) in [7, 11) is 0. The van der Waals surface area contributed by atoms with Gasteiger partial charge >= 0.3 is 5.51 Å². The van der Waals surface area contributed by atoms with Crippen molar-refractivity contribution in [2.24, 2.45) is 0 Å². The van der Waals surface area contributed by atoms with Gasteiger partial charge in [-0.3, -0.25) is 4.79 Å². The van der Waals surface area contributed by atoms with E-state index in [1.165, 1.54) is 6.92 Å². The lowest BCUT2D eigenvalue weighted by Crippen LogP contribution is -2.21. The maximum Gasteiger partial charge on any atom is 0.442 e. The normalized spacial score (nSPS) is 13.5. The van der Waals surface area contributed by atoms with E-state index in [-0.39, 0.29) is 18.2 Å². The van der Waals surface area contributed by atoms with E-state index in [4.69, 9.17) is 0 Å². The lowest BCUT2D eigenvalue weighted by molar-refractivity contribution is -0.116. The third-order valence-electron chi connectivity index (χ3n) is 1.99. The van der Waals surface area contributed by atoms with Crippen LogP contribution >= 0.6 is 11.8 Å². The molecule has 0 aliphatic carbocycles. The van der Waals surface area contributed by atoms with Gasteiger partial charge in [-0.25, -0.2) is 0 Å². The first-order valence-electron chi connectivity index (χ1n) is 4.67. The van der Waals surface area contributed by atoms with Crippen LogP contribution in [0.15, 0.2) is 30.3 Å². The van der Waals surface area contributed by atoms with E-state index in [0.717, 1.165) is 5.56 Å². The van der Waals surface area contributed by atoms with Gasteiger partial charge in [-0.2, -0.15) is 13.2 Å². The van der Waals surface area contributed by atoms with E-state index in [1.54, 1.807) is 30.3 Å². The quantitative estimate of drug-likeness (QED) is 0.812. The molecule has 88 valence electrons. The molecule has 1 aromatic rings. The zero-order chi connectivity index (χ0) is 12.2. The van der Waals surface area contributed by atoms with Gasteiger partial charge in [0.25, 0.3) is 0 Å². The number of carbonyl (C=O) groups excluding carboxylic acids is 1. The smallest absolute Gasteiger partial charge is 0.299 e. The number of benzene rings is 1. The Labute approximate surface area is 96.0 Å². The van der Waals surface area contributed by atoms with E-state index >= 15 is 0 Å². The van der Waals surface area contributed by atoms with E-state index in [0.29, 0.717) is 0 Å². The summed E-state index contributed by atoms with van der Waals surface area (Å²) in [5, 5.41) is -1.05. The Bertz CT molecular complexity index is 348. The van der Waals surface area contributed by atoms with Crippen LogP contribution in [0.2, 0.25) is 0 Å². The number of carbonyl (C=O) groups is 1. The molecule has 0 aliphatic heterocycles. The highest BCUT2D eigenvalue weighted by molar-refractivity contribution is 8.01.